The Bertz CT molecular complexity index is 557. The average Bonchev–Trinajstić information content (AvgIpc) is 2.56. The van der Waals surface area contributed by atoms with Crippen molar-refractivity contribution in [3.63, 3.8) is 0 Å². The van der Waals surface area contributed by atoms with Gasteiger partial charge in [0.1, 0.15) is 0 Å². The SMILES string of the molecule is CN=C(NCC(F)F)N1CCN(c2ncc(Br)c(OC)n2)CC1.I. The number of piperazine rings is 1. The van der Waals surface area contributed by atoms with Crippen LogP contribution in [0.1, 0.15) is 0 Å². The molecule has 7 nitrogen and oxygen atoms in total. The minimum absolute atomic E-state index is 0. The summed E-state index contributed by atoms with van der Waals surface area (Å²) < 4.78 is 30.5. The number of nitrogens with one attached hydrogen (secondary N) is 1. The topological polar surface area (TPSA) is 65.9 Å². The summed E-state index contributed by atoms with van der Waals surface area (Å²) in [6.07, 6.45) is -0.756. The summed E-state index contributed by atoms with van der Waals surface area (Å²) in [7, 11) is 3.14. The standard InChI is InChI=1S/C13H19BrF2N6O.HI/c1-17-12(19-8-10(15)16)21-3-5-22(6-4-21)13-18-7-9(14)11(20-13)23-2;/h7,10H,3-6,8H2,1-2H3,(H,17,19);1H. The molecule has 11 heteroatoms. The zero-order chi connectivity index (χ0) is 16.8. The molecule has 1 aromatic heterocycles. The Morgan fingerprint density at radius 3 is 2.62 bits per heavy atom. The Morgan fingerprint density at radius 2 is 2.08 bits per heavy atom. The molecule has 2 rings (SSSR count). The van der Waals surface area contributed by atoms with Crippen LogP contribution in [-0.4, -0.2) is 74.1 Å². The summed E-state index contributed by atoms with van der Waals surface area (Å²) >= 11 is 3.32. The lowest BCUT2D eigenvalue weighted by Gasteiger charge is -2.36. The van der Waals surface area contributed by atoms with E-state index in [1.165, 1.54) is 0 Å². The number of guanidine groups is 1. The van der Waals surface area contributed by atoms with Gasteiger partial charge in [-0.25, -0.2) is 13.8 Å². The largest absolute Gasteiger partial charge is 0.480 e. The lowest BCUT2D eigenvalue weighted by molar-refractivity contribution is 0.150. The first-order chi connectivity index (χ1) is 11.0. The third-order valence-electron chi connectivity index (χ3n) is 3.38. The zero-order valence-corrected chi connectivity index (χ0v) is 17.3. The van der Waals surface area contributed by atoms with Gasteiger partial charge in [0.25, 0.3) is 6.43 Å². The summed E-state index contributed by atoms with van der Waals surface area (Å²) in [4.78, 5) is 16.6. The maximum Gasteiger partial charge on any atom is 0.255 e. The van der Waals surface area contributed by atoms with Crippen molar-refractivity contribution in [2.75, 3.05) is 51.8 Å². The van der Waals surface area contributed by atoms with Gasteiger partial charge in [0.05, 0.1) is 24.3 Å². The number of nitrogens with zero attached hydrogens (tertiary/aromatic N) is 5. The maximum absolute atomic E-state index is 12.3. The van der Waals surface area contributed by atoms with Crippen LogP contribution in [-0.2, 0) is 0 Å². The molecule has 0 radical (unpaired) electrons. The normalized spacial score (nSPS) is 15.3. The van der Waals surface area contributed by atoms with Crippen molar-refractivity contribution in [2.45, 2.75) is 6.43 Å². The van der Waals surface area contributed by atoms with Crippen LogP contribution in [0.25, 0.3) is 0 Å². The number of alkyl halides is 2. The summed E-state index contributed by atoms with van der Waals surface area (Å²) in [6.45, 7) is 2.22. The molecule has 1 saturated heterocycles. The Balaban J connectivity index is 0.00000288. The van der Waals surface area contributed by atoms with E-state index in [0.29, 0.717) is 48.4 Å². The summed E-state index contributed by atoms with van der Waals surface area (Å²) in [6, 6.07) is 0. The molecule has 24 heavy (non-hydrogen) atoms. The molecule has 1 aliphatic rings. The molecule has 1 aromatic rings. The smallest absolute Gasteiger partial charge is 0.255 e. The van der Waals surface area contributed by atoms with E-state index in [4.69, 9.17) is 4.74 Å². The zero-order valence-electron chi connectivity index (χ0n) is 13.4. The van der Waals surface area contributed by atoms with Crippen LogP contribution in [0.5, 0.6) is 5.88 Å². The fourth-order valence-electron chi connectivity index (χ4n) is 2.26. The molecule has 1 N–H and O–H groups in total. The van der Waals surface area contributed by atoms with Gasteiger partial charge < -0.3 is 19.9 Å². The molecular formula is C13H20BrF2IN6O. The fourth-order valence-corrected chi connectivity index (χ4v) is 2.61. The molecule has 0 saturated carbocycles. The third-order valence-corrected chi connectivity index (χ3v) is 3.92. The number of hydrogen-bond acceptors (Lipinski definition) is 5. The highest BCUT2D eigenvalue weighted by atomic mass is 127. The third kappa shape index (κ3) is 5.53. The van der Waals surface area contributed by atoms with Crippen molar-refractivity contribution in [3.8, 4) is 5.88 Å². The van der Waals surface area contributed by atoms with Gasteiger partial charge in [-0.2, -0.15) is 4.98 Å². The van der Waals surface area contributed by atoms with Crippen LogP contribution in [0.4, 0.5) is 14.7 Å². The number of aromatic nitrogens is 2. The monoisotopic (exact) mass is 520 g/mol. The quantitative estimate of drug-likeness (QED) is 0.371. The van der Waals surface area contributed by atoms with Crippen molar-refractivity contribution in [1.29, 1.82) is 0 Å². The van der Waals surface area contributed by atoms with Gasteiger partial charge in [-0.1, -0.05) is 0 Å². The lowest BCUT2D eigenvalue weighted by atomic mass is 10.3. The predicted molar refractivity (Wildman–Crippen MR) is 103 cm³/mol. The number of ether oxygens (including phenoxy) is 1. The minimum atomic E-state index is -2.41. The van der Waals surface area contributed by atoms with Crippen LogP contribution in [0, 0.1) is 0 Å². The second-order valence-electron chi connectivity index (χ2n) is 4.82. The molecule has 0 amide bonds. The Hall–Kier alpha value is -0.980. The Kier molecular flexibility index (Phi) is 8.87. The van der Waals surface area contributed by atoms with Gasteiger partial charge in [-0.05, 0) is 15.9 Å². The van der Waals surface area contributed by atoms with Crippen LogP contribution in [0.2, 0.25) is 0 Å². The molecule has 136 valence electrons. The summed E-state index contributed by atoms with van der Waals surface area (Å²) in [5.74, 6) is 1.55. The number of rotatable bonds is 4. The highest BCUT2D eigenvalue weighted by molar-refractivity contribution is 14.0. The number of methoxy groups -OCH3 is 1. The highest BCUT2D eigenvalue weighted by Gasteiger charge is 2.22. The first kappa shape index (κ1) is 21.1. The van der Waals surface area contributed by atoms with Crippen molar-refractivity contribution >= 4 is 51.8 Å². The summed E-state index contributed by atoms with van der Waals surface area (Å²) in [5.41, 5.74) is 0. The lowest BCUT2D eigenvalue weighted by Crippen LogP contribution is -2.53. The van der Waals surface area contributed by atoms with Gasteiger partial charge in [0.15, 0.2) is 5.96 Å². The summed E-state index contributed by atoms with van der Waals surface area (Å²) in [5, 5.41) is 2.67. The van der Waals surface area contributed by atoms with E-state index in [9.17, 15) is 8.78 Å². The van der Waals surface area contributed by atoms with Crippen LogP contribution in [0.15, 0.2) is 15.7 Å². The minimum Gasteiger partial charge on any atom is -0.480 e. The number of anilines is 1. The van der Waals surface area contributed by atoms with Gasteiger partial charge in [-0.3, -0.25) is 4.99 Å². The van der Waals surface area contributed by atoms with E-state index < -0.39 is 13.0 Å². The van der Waals surface area contributed by atoms with E-state index in [1.54, 1.807) is 20.4 Å². The van der Waals surface area contributed by atoms with E-state index in [2.05, 4.69) is 36.2 Å². The molecule has 0 atom stereocenters. The Morgan fingerprint density at radius 1 is 1.42 bits per heavy atom. The molecule has 1 fully saturated rings. The van der Waals surface area contributed by atoms with E-state index in [1.807, 2.05) is 9.80 Å². The number of halogens is 4. The Labute approximate surface area is 165 Å². The van der Waals surface area contributed by atoms with E-state index in [0.717, 1.165) is 0 Å². The molecular weight excluding hydrogens is 501 g/mol. The maximum atomic E-state index is 12.3. The molecule has 1 aliphatic heterocycles. The first-order valence-corrected chi connectivity index (χ1v) is 7.89. The first-order valence-electron chi connectivity index (χ1n) is 7.10. The van der Waals surface area contributed by atoms with Crippen molar-refractivity contribution in [3.05, 3.63) is 10.7 Å². The molecule has 0 aliphatic carbocycles. The number of aliphatic imine (C=N–C) groups is 1. The van der Waals surface area contributed by atoms with Crippen molar-refractivity contribution in [1.82, 2.24) is 20.2 Å². The van der Waals surface area contributed by atoms with E-state index in [-0.39, 0.29) is 24.0 Å². The van der Waals surface area contributed by atoms with Crippen molar-refractivity contribution < 1.29 is 13.5 Å². The molecule has 2 heterocycles. The number of hydrogen-bond donors (Lipinski definition) is 1. The second kappa shape index (κ2) is 10.1. The van der Waals surface area contributed by atoms with Gasteiger partial charge >= 0.3 is 0 Å². The molecule has 0 bridgehead atoms. The van der Waals surface area contributed by atoms with Gasteiger partial charge in [-0.15, -0.1) is 24.0 Å². The predicted octanol–water partition coefficient (Wildman–Crippen LogP) is 1.83. The van der Waals surface area contributed by atoms with Gasteiger partial charge in [0.2, 0.25) is 11.8 Å². The van der Waals surface area contributed by atoms with Crippen molar-refractivity contribution in [2.24, 2.45) is 4.99 Å². The van der Waals surface area contributed by atoms with Gasteiger partial charge in [0, 0.05) is 33.2 Å². The van der Waals surface area contributed by atoms with Crippen LogP contribution < -0.4 is 15.0 Å². The fraction of sp³-hybridized carbons (Fsp3) is 0.615. The molecule has 0 aromatic carbocycles. The average molecular weight is 521 g/mol. The molecule has 0 spiro atoms. The van der Waals surface area contributed by atoms with Crippen LogP contribution in [0.3, 0.4) is 0 Å². The van der Waals surface area contributed by atoms with E-state index >= 15 is 0 Å². The molecule has 0 unspecified atom stereocenters. The van der Waals surface area contributed by atoms with Crippen LogP contribution >= 0.6 is 39.9 Å². The second-order valence-corrected chi connectivity index (χ2v) is 5.67. The highest BCUT2D eigenvalue weighted by Crippen LogP contribution is 2.23.